The van der Waals surface area contributed by atoms with Gasteiger partial charge in [-0.1, -0.05) is 26.0 Å². The molecule has 0 aromatic heterocycles. The van der Waals surface area contributed by atoms with Gasteiger partial charge in [-0.15, -0.1) is 0 Å². The maximum atomic E-state index is 13.5. The van der Waals surface area contributed by atoms with Gasteiger partial charge in [0.05, 0.1) is 19.8 Å². The minimum atomic E-state index is 0.0753. The van der Waals surface area contributed by atoms with Crippen molar-refractivity contribution < 1.29 is 14.3 Å². The molecule has 2 aromatic rings. The molecule has 0 N–H and O–H groups in total. The first-order valence-electron chi connectivity index (χ1n) is 11.3. The van der Waals surface area contributed by atoms with Gasteiger partial charge in [0.1, 0.15) is 11.5 Å². The van der Waals surface area contributed by atoms with Crippen molar-refractivity contribution in [1.29, 1.82) is 0 Å². The minimum Gasteiger partial charge on any atom is -0.496 e. The highest BCUT2D eigenvalue weighted by atomic mass is 16.5. The van der Waals surface area contributed by atoms with E-state index in [9.17, 15) is 4.79 Å². The fourth-order valence-electron chi connectivity index (χ4n) is 4.03. The van der Waals surface area contributed by atoms with Gasteiger partial charge >= 0.3 is 0 Å². The third-order valence-electron chi connectivity index (χ3n) is 6.12. The quantitative estimate of drug-likeness (QED) is 0.468. The third kappa shape index (κ3) is 5.45. The van der Waals surface area contributed by atoms with Crippen LogP contribution in [0.4, 0.5) is 0 Å². The lowest BCUT2D eigenvalue weighted by atomic mass is 10.0. The molecule has 5 nitrogen and oxygen atoms in total. The molecule has 0 saturated heterocycles. The van der Waals surface area contributed by atoms with Crippen LogP contribution < -0.4 is 9.47 Å². The van der Waals surface area contributed by atoms with Crippen LogP contribution in [-0.4, -0.2) is 62.7 Å². The lowest BCUT2D eigenvalue weighted by Gasteiger charge is -2.25. The molecule has 3 rings (SSSR count). The molecule has 1 aliphatic carbocycles. The summed E-state index contributed by atoms with van der Waals surface area (Å²) in [4.78, 5) is 18.0. The van der Waals surface area contributed by atoms with Gasteiger partial charge in [0, 0.05) is 18.5 Å². The van der Waals surface area contributed by atoms with E-state index < -0.39 is 0 Å². The highest BCUT2D eigenvalue weighted by molar-refractivity contribution is 6.02. The fourth-order valence-corrected chi connectivity index (χ4v) is 4.03. The van der Waals surface area contributed by atoms with E-state index in [4.69, 9.17) is 9.47 Å². The zero-order valence-electron chi connectivity index (χ0n) is 18.9. The Morgan fingerprint density at radius 3 is 2.33 bits per heavy atom. The smallest absolute Gasteiger partial charge is 0.257 e. The van der Waals surface area contributed by atoms with Crippen LogP contribution in [0.15, 0.2) is 30.3 Å². The van der Waals surface area contributed by atoms with Crippen LogP contribution in [-0.2, 0) is 0 Å². The average molecular weight is 413 g/mol. The summed E-state index contributed by atoms with van der Waals surface area (Å²) in [6, 6.07) is 9.78. The van der Waals surface area contributed by atoms with E-state index in [0.717, 1.165) is 62.1 Å². The van der Waals surface area contributed by atoms with Crippen LogP contribution in [0.5, 0.6) is 11.5 Å². The number of carbonyl (C=O) groups is 1. The molecule has 5 heteroatoms. The summed E-state index contributed by atoms with van der Waals surface area (Å²) in [5, 5.41) is 1.95. The van der Waals surface area contributed by atoms with Gasteiger partial charge < -0.3 is 19.3 Å². The summed E-state index contributed by atoms with van der Waals surface area (Å²) in [6.45, 7) is 9.32. The number of benzene rings is 2. The van der Waals surface area contributed by atoms with Gasteiger partial charge in [-0.3, -0.25) is 4.79 Å². The van der Waals surface area contributed by atoms with Crippen LogP contribution in [0.3, 0.4) is 0 Å². The molecule has 0 aliphatic heterocycles. The van der Waals surface area contributed by atoms with Crippen molar-refractivity contribution in [2.45, 2.75) is 39.5 Å². The van der Waals surface area contributed by atoms with Crippen molar-refractivity contribution >= 4 is 16.7 Å². The second kappa shape index (κ2) is 10.7. The maximum Gasteiger partial charge on any atom is 0.257 e. The minimum absolute atomic E-state index is 0.0753. The van der Waals surface area contributed by atoms with E-state index in [-0.39, 0.29) is 5.91 Å². The van der Waals surface area contributed by atoms with Crippen LogP contribution in [0.1, 0.15) is 49.9 Å². The van der Waals surface area contributed by atoms with Crippen molar-refractivity contribution in [3.8, 4) is 11.5 Å². The van der Waals surface area contributed by atoms with E-state index in [1.165, 1.54) is 12.8 Å². The zero-order chi connectivity index (χ0) is 21.5. The Kier molecular flexibility index (Phi) is 7.97. The van der Waals surface area contributed by atoms with E-state index in [1.54, 1.807) is 14.2 Å². The summed E-state index contributed by atoms with van der Waals surface area (Å²) < 4.78 is 11.1. The Morgan fingerprint density at radius 2 is 1.70 bits per heavy atom. The van der Waals surface area contributed by atoms with Crippen molar-refractivity contribution in [2.24, 2.45) is 5.92 Å². The normalized spacial score (nSPS) is 13.6. The van der Waals surface area contributed by atoms with Crippen molar-refractivity contribution in [2.75, 3.05) is 46.9 Å². The van der Waals surface area contributed by atoms with E-state index in [0.29, 0.717) is 17.2 Å². The fraction of sp³-hybridized carbons (Fsp3) is 0.560. The lowest BCUT2D eigenvalue weighted by molar-refractivity contribution is 0.0740. The van der Waals surface area contributed by atoms with Gasteiger partial charge in [0.2, 0.25) is 0 Å². The largest absolute Gasteiger partial charge is 0.496 e. The number of carbonyl (C=O) groups excluding carboxylic acids is 1. The SMILES string of the molecule is CCN(CC)CCCCN(CC1CC1)C(=O)c1cc2cccc(OC)c2cc1OC. The van der Waals surface area contributed by atoms with Gasteiger partial charge in [-0.2, -0.15) is 0 Å². The molecule has 2 aromatic carbocycles. The van der Waals surface area contributed by atoms with E-state index >= 15 is 0 Å². The summed E-state index contributed by atoms with van der Waals surface area (Å²) in [6.07, 6.45) is 4.60. The number of ether oxygens (including phenoxy) is 2. The first kappa shape index (κ1) is 22.4. The molecular formula is C25H36N2O3. The molecule has 164 valence electrons. The van der Waals surface area contributed by atoms with Crippen LogP contribution in [0, 0.1) is 5.92 Å². The predicted octanol–water partition coefficient (Wildman–Crippen LogP) is 4.83. The van der Waals surface area contributed by atoms with Gasteiger partial charge in [0.15, 0.2) is 0 Å². The number of unbranched alkanes of at least 4 members (excludes halogenated alkanes) is 1. The average Bonchev–Trinajstić information content (AvgIpc) is 3.60. The molecule has 1 saturated carbocycles. The molecule has 0 unspecified atom stereocenters. The third-order valence-corrected chi connectivity index (χ3v) is 6.12. The molecule has 0 atom stereocenters. The molecular weight excluding hydrogens is 376 g/mol. The second-order valence-corrected chi connectivity index (χ2v) is 8.16. The molecule has 0 heterocycles. The maximum absolute atomic E-state index is 13.5. The number of amides is 1. The molecule has 0 bridgehead atoms. The molecule has 1 aliphatic rings. The highest BCUT2D eigenvalue weighted by Gasteiger charge is 2.28. The van der Waals surface area contributed by atoms with Gasteiger partial charge in [-0.25, -0.2) is 0 Å². The molecule has 1 amide bonds. The zero-order valence-corrected chi connectivity index (χ0v) is 18.9. The Hall–Kier alpha value is -2.27. The Bertz CT molecular complexity index is 844. The number of fused-ring (bicyclic) bond motifs is 1. The molecule has 0 radical (unpaired) electrons. The van der Waals surface area contributed by atoms with Crippen LogP contribution >= 0.6 is 0 Å². The van der Waals surface area contributed by atoms with Gasteiger partial charge in [0.25, 0.3) is 5.91 Å². The van der Waals surface area contributed by atoms with Crippen LogP contribution in [0.25, 0.3) is 10.8 Å². The monoisotopic (exact) mass is 412 g/mol. The van der Waals surface area contributed by atoms with E-state index in [1.807, 2.05) is 35.2 Å². The number of methoxy groups -OCH3 is 2. The lowest BCUT2D eigenvalue weighted by Crippen LogP contribution is -2.34. The number of nitrogens with zero attached hydrogens (tertiary/aromatic N) is 2. The number of rotatable bonds is 12. The van der Waals surface area contributed by atoms with Crippen molar-refractivity contribution in [3.63, 3.8) is 0 Å². The Labute approximate surface area is 180 Å². The molecule has 1 fully saturated rings. The number of hydrogen-bond acceptors (Lipinski definition) is 4. The second-order valence-electron chi connectivity index (χ2n) is 8.16. The summed E-state index contributed by atoms with van der Waals surface area (Å²) in [7, 11) is 3.29. The first-order valence-corrected chi connectivity index (χ1v) is 11.3. The predicted molar refractivity (Wildman–Crippen MR) is 123 cm³/mol. The summed E-state index contributed by atoms with van der Waals surface area (Å²) >= 11 is 0. The molecule has 0 spiro atoms. The van der Waals surface area contributed by atoms with Crippen LogP contribution in [0.2, 0.25) is 0 Å². The van der Waals surface area contributed by atoms with Crippen molar-refractivity contribution in [3.05, 3.63) is 35.9 Å². The van der Waals surface area contributed by atoms with Crippen molar-refractivity contribution in [1.82, 2.24) is 9.80 Å². The summed E-state index contributed by atoms with van der Waals surface area (Å²) in [5.74, 6) is 2.13. The standard InChI is InChI=1S/C25H36N2O3/c1-5-26(6-2)14-7-8-15-27(18-19-12-13-19)25(28)22-16-20-10-9-11-23(29-3)21(20)17-24(22)30-4/h9-11,16-17,19H,5-8,12-15,18H2,1-4H3. The first-order chi connectivity index (χ1) is 14.6. The summed E-state index contributed by atoms with van der Waals surface area (Å²) in [5.41, 5.74) is 0.641. The topological polar surface area (TPSA) is 42.0 Å². The van der Waals surface area contributed by atoms with Gasteiger partial charge in [-0.05, 0) is 74.8 Å². The molecule has 30 heavy (non-hydrogen) atoms. The Balaban J connectivity index is 1.78. The Morgan fingerprint density at radius 1 is 1.00 bits per heavy atom. The number of hydrogen-bond donors (Lipinski definition) is 0. The highest BCUT2D eigenvalue weighted by Crippen LogP contribution is 2.34. The van der Waals surface area contributed by atoms with E-state index in [2.05, 4.69) is 18.7 Å².